The maximum absolute atomic E-state index is 12.7. The molecule has 1 N–H and O–H groups in total. The van der Waals surface area contributed by atoms with Crippen molar-refractivity contribution in [2.75, 3.05) is 0 Å². The molecule has 0 heterocycles. The zero-order valence-corrected chi connectivity index (χ0v) is 6.54. The molecule has 0 aliphatic heterocycles. The maximum Gasteiger partial charge on any atom is 0.234 e. The number of aliphatic hydroxyl groups is 1. The molecule has 2 nitrogen and oxygen atoms in total. The van der Waals surface area contributed by atoms with Gasteiger partial charge in [-0.25, -0.2) is 4.39 Å². The summed E-state index contributed by atoms with van der Waals surface area (Å²) < 4.78 is 12.7. The molecule has 1 aromatic carbocycles. The Kier molecular flexibility index (Phi) is 2.55. The Labute approximate surface area is 69.6 Å². The summed E-state index contributed by atoms with van der Waals surface area (Å²) in [7, 11) is 0. The Morgan fingerprint density at radius 2 is 2.25 bits per heavy atom. The maximum atomic E-state index is 12.7. The molecule has 0 fully saturated rings. The quantitative estimate of drug-likeness (QED) is 0.720. The molecule has 0 bridgehead atoms. The van der Waals surface area contributed by atoms with Crippen LogP contribution in [0.5, 0.6) is 0 Å². The Morgan fingerprint density at radius 1 is 1.58 bits per heavy atom. The first-order valence-electron chi connectivity index (χ1n) is 3.47. The van der Waals surface area contributed by atoms with Gasteiger partial charge in [-0.2, -0.15) is 0 Å². The second kappa shape index (κ2) is 3.45. The van der Waals surface area contributed by atoms with E-state index in [0.29, 0.717) is 11.1 Å². The van der Waals surface area contributed by atoms with E-state index in [4.69, 9.17) is 5.11 Å². The summed E-state index contributed by atoms with van der Waals surface area (Å²) in [6.07, 6.45) is 0.137. The van der Waals surface area contributed by atoms with Crippen molar-refractivity contribution in [3.8, 4) is 0 Å². The van der Waals surface area contributed by atoms with Gasteiger partial charge >= 0.3 is 0 Å². The summed E-state index contributed by atoms with van der Waals surface area (Å²) in [4.78, 5) is 10.0. The van der Waals surface area contributed by atoms with Gasteiger partial charge in [-0.3, -0.25) is 4.79 Å². The van der Waals surface area contributed by atoms with Gasteiger partial charge in [0.15, 0.2) is 0 Å². The number of hydrogen-bond donors (Lipinski definition) is 1. The van der Waals surface area contributed by atoms with Crippen molar-refractivity contribution in [2.24, 2.45) is 0 Å². The largest absolute Gasteiger partial charge is 0.380 e. The van der Waals surface area contributed by atoms with E-state index in [1.165, 1.54) is 24.5 Å². The summed E-state index contributed by atoms with van der Waals surface area (Å²) in [5, 5.41) is 9.00. The van der Waals surface area contributed by atoms with E-state index in [0.717, 1.165) is 0 Å². The third-order valence-corrected chi connectivity index (χ3v) is 1.61. The van der Waals surface area contributed by atoms with Crippen LogP contribution in [0.4, 0.5) is 4.39 Å². The molecule has 0 spiro atoms. The minimum absolute atomic E-state index is 0.350. The topological polar surface area (TPSA) is 37.3 Å². The zero-order valence-electron chi connectivity index (χ0n) is 6.54. The van der Waals surface area contributed by atoms with Crippen molar-refractivity contribution in [2.45, 2.75) is 13.0 Å². The Bertz CT molecular complexity index is 297. The third-order valence-electron chi connectivity index (χ3n) is 1.61. The molecule has 0 amide bonds. The zero-order chi connectivity index (χ0) is 9.14. The molecule has 0 aromatic heterocycles. The highest BCUT2D eigenvalue weighted by atomic mass is 19.1. The number of carbonyl (C=O) groups excluding carboxylic acids is 1. The van der Waals surface area contributed by atoms with E-state index in [1.807, 2.05) is 0 Å². The standard InChI is InChI=1S/C9H8FO2/c1-6-4-7(9(12)5-11)2-3-8(6)10/h2-4,9,12H,1H3. The number of hydrogen-bond acceptors (Lipinski definition) is 2. The second-order valence-electron chi connectivity index (χ2n) is 2.53. The minimum atomic E-state index is -1.27. The highest BCUT2D eigenvalue weighted by Crippen LogP contribution is 2.14. The minimum Gasteiger partial charge on any atom is -0.380 e. The van der Waals surface area contributed by atoms with Gasteiger partial charge in [0.25, 0.3) is 0 Å². The van der Waals surface area contributed by atoms with E-state index in [2.05, 4.69) is 0 Å². The molecule has 1 aromatic rings. The first kappa shape index (κ1) is 8.87. The van der Waals surface area contributed by atoms with Gasteiger partial charge in [-0.05, 0) is 24.1 Å². The monoisotopic (exact) mass is 167 g/mol. The van der Waals surface area contributed by atoms with Gasteiger partial charge in [0.1, 0.15) is 11.9 Å². The average Bonchev–Trinajstić information content (AvgIpc) is 2.08. The van der Waals surface area contributed by atoms with Gasteiger partial charge in [0.2, 0.25) is 6.29 Å². The van der Waals surface area contributed by atoms with Crippen LogP contribution in [-0.4, -0.2) is 11.4 Å². The van der Waals surface area contributed by atoms with Crippen LogP contribution in [0.2, 0.25) is 0 Å². The molecule has 3 heteroatoms. The van der Waals surface area contributed by atoms with Gasteiger partial charge in [0, 0.05) is 0 Å². The smallest absolute Gasteiger partial charge is 0.234 e. The molecule has 12 heavy (non-hydrogen) atoms. The molecule has 1 rings (SSSR count). The Hall–Kier alpha value is -1.22. The number of aliphatic hydroxyl groups excluding tert-OH is 1. The number of benzene rings is 1. The number of aryl methyl sites for hydroxylation is 1. The molecular formula is C9H8FO2. The molecule has 0 saturated heterocycles. The molecule has 1 unspecified atom stereocenters. The van der Waals surface area contributed by atoms with Crippen LogP contribution in [0.3, 0.4) is 0 Å². The lowest BCUT2D eigenvalue weighted by Crippen LogP contribution is -1.98. The molecular weight excluding hydrogens is 159 g/mol. The fourth-order valence-corrected chi connectivity index (χ4v) is 0.906. The van der Waals surface area contributed by atoms with Crippen LogP contribution in [-0.2, 0) is 4.79 Å². The molecule has 1 atom stereocenters. The highest BCUT2D eigenvalue weighted by Gasteiger charge is 2.07. The van der Waals surface area contributed by atoms with Crippen molar-refractivity contribution in [1.29, 1.82) is 0 Å². The van der Waals surface area contributed by atoms with Gasteiger partial charge < -0.3 is 5.11 Å². The summed E-state index contributed by atoms with van der Waals surface area (Å²) in [5.41, 5.74) is 0.769. The first-order valence-corrected chi connectivity index (χ1v) is 3.47. The fourth-order valence-electron chi connectivity index (χ4n) is 0.906. The summed E-state index contributed by atoms with van der Waals surface area (Å²) in [6.45, 7) is 1.57. The normalized spacial score (nSPS) is 12.6. The van der Waals surface area contributed by atoms with Gasteiger partial charge in [-0.15, -0.1) is 0 Å². The van der Waals surface area contributed by atoms with Crippen LogP contribution in [0.1, 0.15) is 17.2 Å². The summed E-state index contributed by atoms with van der Waals surface area (Å²) in [6, 6.07) is 3.99. The molecule has 1 radical (unpaired) electrons. The molecule has 0 saturated carbocycles. The predicted molar refractivity (Wildman–Crippen MR) is 41.8 cm³/mol. The fraction of sp³-hybridized carbons (Fsp3) is 0.222. The summed E-state index contributed by atoms with van der Waals surface area (Å²) in [5.74, 6) is -0.350. The SMILES string of the molecule is Cc1cc(C(O)[C]=O)ccc1F. The van der Waals surface area contributed by atoms with Gasteiger partial charge in [-0.1, -0.05) is 12.1 Å². The lowest BCUT2D eigenvalue weighted by atomic mass is 10.1. The van der Waals surface area contributed by atoms with Crippen LogP contribution >= 0.6 is 0 Å². The van der Waals surface area contributed by atoms with E-state index < -0.39 is 6.10 Å². The average molecular weight is 167 g/mol. The van der Waals surface area contributed by atoms with E-state index in [9.17, 15) is 9.18 Å². The van der Waals surface area contributed by atoms with Crippen molar-refractivity contribution in [1.82, 2.24) is 0 Å². The highest BCUT2D eigenvalue weighted by molar-refractivity contribution is 5.60. The number of rotatable bonds is 2. The predicted octanol–water partition coefficient (Wildman–Crippen LogP) is 1.28. The van der Waals surface area contributed by atoms with Crippen molar-refractivity contribution in [3.63, 3.8) is 0 Å². The molecule has 63 valence electrons. The van der Waals surface area contributed by atoms with Crippen LogP contribution in [0.25, 0.3) is 0 Å². The van der Waals surface area contributed by atoms with Crippen molar-refractivity contribution >= 4 is 6.29 Å². The first-order chi connectivity index (χ1) is 5.65. The lowest BCUT2D eigenvalue weighted by Gasteiger charge is -2.03. The van der Waals surface area contributed by atoms with Crippen molar-refractivity contribution < 1.29 is 14.3 Å². The van der Waals surface area contributed by atoms with E-state index in [1.54, 1.807) is 6.92 Å². The summed E-state index contributed by atoms with van der Waals surface area (Å²) >= 11 is 0. The Morgan fingerprint density at radius 3 is 2.75 bits per heavy atom. The molecule has 0 aliphatic rings. The van der Waals surface area contributed by atoms with Gasteiger partial charge in [0.05, 0.1) is 0 Å². The van der Waals surface area contributed by atoms with E-state index >= 15 is 0 Å². The van der Waals surface area contributed by atoms with Crippen molar-refractivity contribution in [3.05, 3.63) is 35.1 Å². The second-order valence-corrected chi connectivity index (χ2v) is 2.53. The number of halogens is 1. The van der Waals surface area contributed by atoms with E-state index in [-0.39, 0.29) is 5.82 Å². The lowest BCUT2D eigenvalue weighted by molar-refractivity contribution is 0.240. The third kappa shape index (κ3) is 1.68. The van der Waals surface area contributed by atoms with Crippen LogP contribution < -0.4 is 0 Å². The van der Waals surface area contributed by atoms with Crippen LogP contribution in [0, 0.1) is 12.7 Å². The van der Waals surface area contributed by atoms with Crippen LogP contribution in [0.15, 0.2) is 18.2 Å². The molecule has 0 aliphatic carbocycles. The Balaban J connectivity index is 3.04.